The molecule has 0 heterocycles. The van der Waals surface area contributed by atoms with Crippen molar-refractivity contribution in [2.24, 2.45) is 0 Å². The van der Waals surface area contributed by atoms with E-state index in [9.17, 15) is 0 Å². The van der Waals surface area contributed by atoms with Crippen LogP contribution >= 0.6 is 0 Å². The molecule has 5 aromatic rings. The first kappa shape index (κ1) is 49.9. The third-order valence-electron chi connectivity index (χ3n) is 12.6. The number of hydrogen-bond donors (Lipinski definition) is 0. The molecule has 0 saturated heterocycles. The van der Waals surface area contributed by atoms with Crippen LogP contribution in [0.4, 0.5) is 0 Å². The van der Waals surface area contributed by atoms with Gasteiger partial charge >= 0.3 is 151 Å². The van der Waals surface area contributed by atoms with E-state index in [1.807, 2.05) is 0 Å². The first-order valence-corrected chi connectivity index (χ1v) is 26.1. The Morgan fingerprint density at radius 1 is 0.633 bits per heavy atom. The van der Waals surface area contributed by atoms with Crippen molar-refractivity contribution in [2.75, 3.05) is 0 Å². The SMILES string of the molecule is CC(C)(C)c1ccc([C](=[Zr+2])c2ccc(C(C)(C)C)cc2)cc1.CC1=[C-]C(C)(C)c2cc3c(cc21)-c1cc2c(cc1C3)C(C)(C)C=C2C.Cc1cc([Si](C)(C)C)c(C)[cH-]1.[Cl-].[Cl-]. The molecule has 0 aromatic heterocycles. The summed E-state index contributed by atoms with van der Waals surface area (Å²) in [6, 6.07) is 32.6. The van der Waals surface area contributed by atoms with E-state index in [1.54, 1.807) is 5.19 Å². The second-order valence-electron chi connectivity index (χ2n) is 21.6. The van der Waals surface area contributed by atoms with Crippen LogP contribution in [0.15, 0.2) is 91.0 Å². The van der Waals surface area contributed by atoms with E-state index in [2.05, 4.69) is 214 Å². The van der Waals surface area contributed by atoms with Gasteiger partial charge in [0.1, 0.15) is 0 Å². The van der Waals surface area contributed by atoms with Gasteiger partial charge in [-0.15, -0.1) is 11.6 Å². The maximum Gasteiger partial charge on any atom is 0.00873 e. The molecule has 0 aliphatic heterocycles. The zero-order chi connectivity index (χ0) is 42.9. The molecule has 5 aromatic carbocycles. The fraction of sp³-hybridized carbons (Fsp3) is 0.393. The number of allylic oxidation sites excluding steroid dienone is 4. The van der Waals surface area contributed by atoms with Crippen molar-refractivity contribution in [3.8, 4) is 11.1 Å². The maximum atomic E-state index is 3.65. The van der Waals surface area contributed by atoms with Gasteiger partial charge in [0.05, 0.1) is 0 Å². The van der Waals surface area contributed by atoms with Crippen LogP contribution in [0, 0.1) is 19.9 Å². The average Bonchev–Trinajstić information content (AvgIpc) is 3.79. The molecule has 0 atom stereocenters. The molecule has 316 valence electrons. The molecular weight excluding hydrogens is 863 g/mol. The van der Waals surface area contributed by atoms with Crippen molar-refractivity contribution in [1.29, 1.82) is 0 Å². The Labute approximate surface area is 393 Å². The van der Waals surface area contributed by atoms with Crippen molar-refractivity contribution in [3.63, 3.8) is 0 Å². The van der Waals surface area contributed by atoms with Gasteiger partial charge < -0.3 is 24.8 Å². The van der Waals surface area contributed by atoms with E-state index in [0.29, 0.717) is 0 Å². The minimum absolute atomic E-state index is 0. The fourth-order valence-electron chi connectivity index (χ4n) is 9.33. The molecule has 60 heavy (non-hydrogen) atoms. The second-order valence-corrected chi connectivity index (χ2v) is 27.9. The van der Waals surface area contributed by atoms with Crippen LogP contribution in [0.25, 0.3) is 22.3 Å². The molecule has 0 unspecified atom stereocenters. The molecule has 4 heteroatoms. The summed E-state index contributed by atoms with van der Waals surface area (Å²) in [5.41, 5.74) is 23.4. The topological polar surface area (TPSA) is 0 Å². The normalized spacial score (nSPS) is 15.3. The van der Waals surface area contributed by atoms with E-state index >= 15 is 0 Å². The smallest absolute Gasteiger partial charge is 0.00873 e. The van der Waals surface area contributed by atoms with E-state index in [1.165, 1.54) is 116 Å². The van der Waals surface area contributed by atoms with Crippen LogP contribution < -0.4 is 30.0 Å². The van der Waals surface area contributed by atoms with Gasteiger partial charge in [0.15, 0.2) is 0 Å². The summed E-state index contributed by atoms with van der Waals surface area (Å²) in [6.45, 7) is 38.8. The molecule has 0 bridgehead atoms. The number of aryl methyl sites for hydroxylation is 2. The summed E-state index contributed by atoms with van der Waals surface area (Å²) in [5.74, 6) is 0. The zero-order valence-corrected chi connectivity index (χ0v) is 44.6. The molecular formula is C56H68Cl2SiZr-2. The van der Waals surface area contributed by atoms with Gasteiger partial charge in [0, 0.05) is 13.5 Å². The molecule has 3 aliphatic rings. The van der Waals surface area contributed by atoms with Crippen LogP contribution in [0.3, 0.4) is 0 Å². The van der Waals surface area contributed by atoms with Crippen molar-refractivity contribution >= 4 is 27.6 Å². The molecule has 0 saturated carbocycles. The summed E-state index contributed by atoms with van der Waals surface area (Å²) >= 11 is 1.46. The van der Waals surface area contributed by atoms with Gasteiger partial charge in [0.2, 0.25) is 0 Å². The van der Waals surface area contributed by atoms with Crippen molar-refractivity contribution in [2.45, 2.75) is 145 Å². The van der Waals surface area contributed by atoms with Crippen LogP contribution in [0.5, 0.6) is 0 Å². The summed E-state index contributed by atoms with van der Waals surface area (Å²) in [6.07, 6.45) is 7.13. The maximum absolute atomic E-state index is 3.65. The Kier molecular flexibility index (Phi) is 14.8. The molecule has 0 nitrogen and oxygen atoms in total. The summed E-state index contributed by atoms with van der Waals surface area (Å²) < 4.78 is 1.42. The summed E-state index contributed by atoms with van der Waals surface area (Å²) in [4.78, 5) is 0. The molecule has 0 amide bonds. The van der Waals surface area contributed by atoms with Gasteiger partial charge in [0.25, 0.3) is 0 Å². The van der Waals surface area contributed by atoms with Crippen LogP contribution in [0.1, 0.15) is 150 Å². The number of benzene rings is 4. The summed E-state index contributed by atoms with van der Waals surface area (Å²) in [7, 11) is -1.06. The summed E-state index contributed by atoms with van der Waals surface area (Å²) in [5, 5.41) is 1.62. The largest absolute Gasteiger partial charge is 1.00 e. The Bertz CT molecular complexity index is 2300. The van der Waals surface area contributed by atoms with E-state index in [0.717, 1.165) is 6.42 Å². The van der Waals surface area contributed by atoms with E-state index < -0.39 is 8.07 Å². The standard InChI is InChI=1S/C25H25.C21H26.C10H17Si.2ClH.Zr/c1-14-12-24(3,4)22-8-16-7-17-9-23-19(15(2)13-25(23,5)6)11-21(17)20(16)10-18(14)22;1-20(2,3)18-11-7-16(8-12-18)15-17-9-13-19(14-10-17)21(4,5)6;1-8-6-9(2)10(7-8)11(3,4)5;;;/h8-12H,7H2,1-6H3;7-14H,1-6H3;6-7H,1-5H3;2*1H;/q-1;;-1;;;+2/p-2. The Balaban J connectivity index is 0.000000209. The monoisotopic (exact) mass is 928 g/mol. The van der Waals surface area contributed by atoms with Gasteiger partial charge in [-0.3, -0.25) is 6.08 Å². The fourth-order valence-corrected chi connectivity index (χ4v) is 12.1. The number of hydrogen-bond acceptors (Lipinski definition) is 0. The van der Waals surface area contributed by atoms with E-state index in [-0.39, 0.29) is 46.5 Å². The van der Waals surface area contributed by atoms with Crippen molar-refractivity contribution in [1.82, 2.24) is 0 Å². The number of fused-ring (bicyclic) bond motifs is 5. The minimum atomic E-state index is -1.06. The first-order chi connectivity index (χ1) is 26.7. The average molecular weight is 931 g/mol. The third kappa shape index (κ3) is 10.4. The predicted octanol–water partition coefficient (Wildman–Crippen LogP) is 8.42. The molecule has 0 radical (unpaired) electrons. The Morgan fingerprint density at radius 2 is 1.08 bits per heavy atom. The van der Waals surface area contributed by atoms with Crippen LogP contribution in [0.2, 0.25) is 19.6 Å². The van der Waals surface area contributed by atoms with E-state index in [4.69, 9.17) is 0 Å². The van der Waals surface area contributed by atoms with Gasteiger partial charge in [-0.25, -0.2) is 11.6 Å². The quantitative estimate of drug-likeness (QED) is 0.124. The molecule has 0 fully saturated rings. The second kappa shape index (κ2) is 17.8. The zero-order valence-electron chi connectivity index (χ0n) is 39.6. The first-order valence-electron chi connectivity index (χ1n) is 21.4. The van der Waals surface area contributed by atoms with Crippen molar-refractivity contribution < 1.29 is 49.0 Å². The van der Waals surface area contributed by atoms with Gasteiger partial charge in [-0.1, -0.05) is 91.7 Å². The number of halogens is 2. The molecule has 8 rings (SSSR count). The molecule has 3 aliphatic carbocycles. The third-order valence-corrected chi connectivity index (χ3v) is 16.1. The minimum Gasteiger partial charge on any atom is -1.00 e. The van der Waals surface area contributed by atoms with Crippen molar-refractivity contribution in [3.05, 3.63) is 164 Å². The predicted molar refractivity (Wildman–Crippen MR) is 255 cm³/mol. The molecule has 0 N–H and O–H groups in total. The Morgan fingerprint density at radius 3 is 1.48 bits per heavy atom. The van der Waals surface area contributed by atoms with Crippen LogP contribution in [-0.2, 0) is 52.3 Å². The van der Waals surface area contributed by atoms with Gasteiger partial charge in [-0.2, -0.15) is 27.9 Å². The molecule has 0 spiro atoms. The Hall–Kier alpha value is -2.74. The van der Waals surface area contributed by atoms with Crippen LogP contribution in [-0.4, -0.2) is 11.3 Å². The number of rotatable bonds is 3. The van der Waals surface area contributed by atoms with Gasteiger partial charge in [-0.05, 0) is 58.4 Å².